The molecule has 2 aliphatic rings. The summed E-state index contributed by atoms with van der Waals surface area (Å²) >= 11 is 0. The molecule has 5 heteroatoms. The molecule has 1 spiro atoms. The van der Waals surface area contributed by atoms with Crippen molar-refractivity contribution >= 4 is 6.03 Å². The van der Waals surface area contributed by atoms with Crippen LogP contribution in [-0.2, 0) is 5.54 Å². The van der Waals surface area contributed by atoms with Gasteiger partial charge in [0.25, 0.3) is 0 Å². The maximum atomic E-state index is 12.4. The van der Waals surface area contributed by atoms with Crippen molar-refractivity contribution in [2.45, 2.75) is 50.6 Å². The quantitative estimate of drug-likeness (QED) is 0.885. The van der Waals surface area contributed by atoms with Gasteiger partial charge in [-0.2, -0.15) is 5.26 Å². The summed E-state index contributed by atoms with van der Waals surface area (Å²) in [6.07, 6.45) is 3.86. The number of rotatable bonds is 4. The highest BCUT2D eigenvalue weighted by Crippen LogP contribution is 2.43. The third-order valence-corrected chi connectivity index (χ3v) is 5.91. The lowest BCUT2D eigenvalue weighted by Crippen LogP contribution is -2.53. The van der Waals surface area contributed by atoms with Crippen molar-refractivity contribution in [3.8, 4) is 6.07 Å². The molecule has 2 N–H and O–H groups in total. The van der Waals surface area contributed by atoms with E-state index in [-0.39, 0.29) is 17.1 Å². The number of nitrogens with one attached hydrogen (secondary N) is 2. The van der Waals surface area contributed by atoms with Gasteiger partial charge in [-0.3, -0.25) is 0 Å². The van der Waals surface area contributed by atoms with Gasteiger partial charge in [0.1, 0.15) is 0 Å². The summed E-state index contributed by atoms with van der Waals surface area (Å²) < 4.78 is 0. The molecule has 0 bridgehead atoms. The molecule has 0 atom stereocenters. The average molecular weight is 340 g/mol. The second kappa shape index (κ2) is 6.34. The molecule has 5 nitrogen and oxygen atoms in total. The van der Waals surface area contributed by atoms with Crippen LogP contribution in [0.1, 0.15) is 45.1 Å². The normalized spacial score (nSPS) is 29.5. The fraction of sp³-hybridized carbons (Fsp3) is 0.600. The van der Waals surface area contributed by atoms with Crippen molar-refractivity contribution in [2.24, 2.45) is 5.41 Å². The van der Waals surface area contributed by atoms with E-state index in [2.05, 4.69) is 41.0 Å². The van der Waals surface area contributed by atoms with Gasteiger partial charge in [-0.15, -0.1) is 0 Å². The monoisotopic (exact) mass is 340 g/mol. The molecule has 0 radical (unpaired) electrons. The molecule has 1 aliphatic carbocycles. The Kier molecular flexibility index (Phi) is 4.51. The van der Waals surface area contributed by atoms with E-state index in [9.17, 15) is 10.1 Å². The van der Waals surface area contributed by atoms with E-state index < -0.39 is 5.41 Å². The highest BCUT2D eigenvalue weighted by molar-refractivity contribution is 5.78. The molecule has 2 amide bonds. The summed E-state index contributed by atoms with van der Waals surface area (Å²) in [4.78, 5) is 14.2. The van der Waals surface area contributed by atoms with E-state index in [4.69, 9.17) is 0 Å². The van der Waals surface area contributed by atoms with Gasteiger partial charge < -0.3 is 15.5 Å². The highest BCUT2D eigenvalue weighted by Gasteiger charge is 2.49. The Bertz CT molecular complexity index is 669. The number of nitrogens with zero attached hydrogens (tertiary/aromatic N) is 2. The van der Waals surface area contributed by atoms with Crippen LogP contribution in [0.2, 0.25) is 0 Å². The third kappa shape index (κ3) is 3.36. The predicted molar refractivity (Wildman–Crippen MR) is 97.9 cm³/mol. The van der Waals surface area contributed by atoms with Gasteiger partial charge in [-0.1, -0.05) is 30.3 Å². The Morgan fingerprint density at radius 2 is 1.88 bits per heavy atom. The standard InChI is InChI=1S/C20H28N4O/c1-18(2,13-21)14-24-15-19(23-17(24)25)9-11-20(22-3,12-10-19)16-7-5-4-6-8-16/h4-8,22H,9-12,14-15H2,1-3H3,(H,23,25)/t19-,20-. The van der Waals surface area contributed by atoms with E-state index >= 15 is 0 Å². The number of carbonyl (C=O) groups excluding carboxylic acids is 1. The summed E-state index contributed by atoms with van der Waals surface area (Å²) in [7, 11) is 2.03. The van der Waals surface area contributed by atoms with Crippen LogP contribution in [0, 0.1) is 16.7 Å². The number of nitriles is 1. The van der Waals surface area contributed by atoms with Gasteiger partial charge >= 0.3 is 6.03 Å². The Labute approximate surface area is 150 Å². The summed E-state index contributed by atoms with van der Waals surface area (Å²) in [5.74, 6) is 0. The van der Waals surface area contributed by atoms with E-state index in [0.717, 1.165) is 25.7 Å². The minimum atomic E-state index is -0.518. The second-order valence-electron chi connectivity index (χ2n) is 8.26. The number of carbonyl (C=O) groups is 1. The number of amides is 2. The fourth-order valence-corrected chi connectivity index (χ4v) is 4.30. The molecule has 0 aromatic heterocycles. The van der Waals surface area contributed by atoms with Crippen LogP contribution in [0.15, 0.2) is 30.3 Å². The minimum Gasteiger partial charge on any atom is -0.331 e. The zero-order chi connectivity index (χ0) is 18.1. The van der Waals surface area contributed by atoms with Gasteiger partial charge in [-0.05, 0) is 52.1 Å². The maximum absolute atomic E-state index is 12.4. The van der Waals surface area contributed by atoms with Gasteiger partial charge in [0.15, 0.2) is 0 Å². The molecular weight excluding hydrogens is 312 g/mol. The first-order chi connectivity index (χ1) is 11.8. The molecule has 3 rings (SSSR count). The molecule has 1 saturated heterocycles. The van der Waals surface area contributed by atoms with Crippen molar-refractivity contribution < 1.29 is 4.79 Å². The molecule has 1 aromatic rings. The lowest BCUT2D eigenvalue weighted by atomic mass is 9.69. The molecule has 0 unspecified atom stereocenters. The summed E-state index contributed by atoms with van der Waals surface area (Å²) in [5, 5.41) is 16.0. The maximum Gasteiger partial charge on any atom is 0.318 e. The highest BCUT2D eigenvalue weighted by atomic mass is 16.2. The van der Waals surface area contributed by atoms with Crippen LogP contribution in [-0.4, -0.2) is 36.6 Å². The van der Waals surface area contributed by atoms with Gasteiger partial charge in [-0.25, -0.2) is 4.79 Å². The van der Waals surface area contributed by atoms with Gasteiger partial charge in [0.2, 0.25) is 0 Å². The minimum absolute atomic E-state index is 0.0173. The Morgan fingerprint density at radius 1 is 1.24 bits per heavy atom. The number of hydrogen-bond acceptors (Lipinski definition) is 3. The van der Waals surface area contributed by atoms with E-state index in [1.807, 2.05) is 31.9 Å². The second-order valence-corrected chi connectivity index (χ2v) is 8.26. The zero-order valence-corrected chi connectivity index (χ0v) is 15.4. The topological polar surface area (TPSA) is 68.2 Å². The Hall–Kier alpha value is -2.06. The van der Waals surface area contributed by atoms with Gasteiger partial charge in [0.05, 0.1) is 17.0 Å². The van der Waals surface area contributed by atoms with Crippen molar-refractivity contribution in [3.05, 3.63) is 35.9 Å². The SMILES string of the molecule is CN[C@]1(c2ccccc2)CC[C@@]2(CC1)CN(CC(C)(C)C#N)C(=O)N2. The number of hydrogen-bond donors (Lipinski definition) is 2. The molecule has 1 aliphatic heterocycles. The summed E-state index contributed by atoms with van der Waals surface area (Å²) in [6, 6.07) is 12.8. The Balaban J connectivity index is 1.72. The van der Waals surface area contributed by atoms with E-state index in [1.54, 1.807) is 0 Å². The smallest absolute Gasteiger partial charge is 0.318 e. The molecular formula is C20H28N4O. The van der Waals surface area contributed by atoms with Crippen molar-refractivity contribution in [1.82, 2.24) is 15.5 Å². The lowest BCUT2D eigenvalue weighted by Gasteiger charge is -2.45. The fourth-order valence-electron chi connectivity index (χ4n) is 4.30. The first-order valence-corrected chi connectivity index (χ1v) is 9.07. The van der Waals surface area contributed by atoms with Crippen molar-refractivity contribution in [3.63, 3.8) is 0 Å². The predicted octanol–water partition coefficient (Wildman–Crippen LogP) is 2.99. The lowest BCUT2D eigenvalue weighted by molar-refractivity contribution is 0.154. The van der Waals surface area contributed by atoms with Crippen LogP contribution in [0.3, 0.4) is 0 Å². The zero-order valence-electron chi connectivity index (χ0n) is 15.4. The van der Waals surface area contributed by atoms with Crippen molar-refractivity contribution in [2.75, 3.05) is 20.1 Å². The number of urea groups is 1. The van der Waals surface area contributed by atoms with Crippen LogP contribution in [0.5, 0.6) is 0 Å². The molecule has 1 aromatic carbocycles. The first kappa shape index (κ1) is 17.8. The largest absolute Gasteiger partial charge is 0.331 e. The molecule has 134 valence electrons. The summed E-state index contributed by atoms with van der Waals surface area (Å²) in [6.45, 7) is 4.94. The van der Waals surface area contributed by atoms with E-state index in [1.165, 1.54) is 5.56 Å². The molecule has 1 heterocycles. The first-order valence-electron chi connectivity index (χ1n) is 9.07. The Morgan fingerprint density at radius 3 is 2.44 bits per heavy atom. The van der Waals surface area contributed by atoms with Gasteiger partial charge in [0, 0.05) is 18.6 Å². The van der Waals surface area contributed by atoms with Crippen LogP contribution < -0.4 is 10.6 Å². The third-order valence-electron chi connectivity index (χ3n) is 5.91. The number of benzene rings is 1. The van der Waals surface area contributed by atoms with Crippen molar-refractivity contribution in [1.29, 1.82) is 5.26 Å². The molecule has 25 heavy (non-hydrogen) atoms. The molecule has 1 saturated carbocycles. The average Bonchev–Trinajstić information content (AvgIpc) is 2.91. The van der Waals surface area contributed by atoms with Crippen LogP contribution in [0.4, 0.5) is 4.79 Å². The van der Waals surface area contributed by atoms with Crippen LogP contribution >= 0.6 is 0 Å². The molecule has 2 fully saturated rings. The van der Waals surface area contributed by atoms with E-state index in [0.29, 0.717) is 13.1 Å². The summed E-state index contributed by atoms with van der Waals surface area (Å²) in [5.41, 5.74) is 0.629. The van der Waals surface area contributed by atoms with Crippen LogP contribution in [0.25, 0.3) is 0 Å².